The first-order chi connectivity index (χ1) is 11.9. The molecule has 134 valence electrons. The van der Waals surface area contributed by atoms with Gasteiger partial charge in [0.1, 0.15) is 5.75 Å². The standard InChI is InChI=1S/C18H23N3O4/c1-12-17(13(2)21(4)20-12)19-18(23)14(3)25-16(22)10-11-24-15-8-6-5-7-9-15/h5-9,14H,10-11H2,1-4H3,(H,19,23)/t14-/m1/s1. The van der Waals surface area contributed by atoms with Gasteiger partial charge in [0.15, 0.2) is 6.10 Å². The fraction of sp³-hybridized carbons (Fsp3) is 0.389. The van der Waals surface area contributed by atoms with Crippen LogP contribution in [-0.2, 0) is 21.4 Å². The van der Waals surface area contributed by atoms with Gasteiger partial charge in [0, 0.05) is 7.05 Å². The Morgan fingerprint density at radius 1 is 1.24 bits per heavy atom. The third kappa shape index (κ3) is 5.07. The van der Waals surface area contributed by atoms with Crippen LogP contribution in [0.5, 0.6) is 5.75 Å². The molecule has 2 aromatic rings. The van der Waals surface area contributed by atoms with E-state index < -0.39 is 18.0 Å². The van der Waals surface area contributed by atoms with Crippen molar-refractivity contribution in [2.24, 2.45) is 7.05 Å². The summed E-state index contributed by atoms with van der Waals surface area (Å²) >= 11 is 0. The molecule has 0 saturated heterocycles. The monoisotopic (exact) mass is 345 g/mol. The van der Waals surface area contributed by atoms with Gasteiger partial charge in [-0.2, -0.15) is 5.10 Å². The lowest BCUT2D eigenvalue weighted by Gasteiger charge is -2.14. The van der Waals surface area contributed by atoms with Crippen LogP contribution < -0.4 is 10.1 Å². The topological polar surface area (TPSA) is 82.5 Å². The molecular weight excluding hydrogens is 322 g/mol. The number of para-hydroxylation sites is 1. The molecule has 0 aliphatic rings. The molecule has 1 aromatic carbocycles. The van der Waals surface area contributed by atoms with Crippen LogP contribution in [0.1, 0.15) is 24.7 Å². The van der Waals surface area contributed by atoms with Crippen molar-refractivity contribution in [3.05, 3.63) is 41.7 Å². The molecule has 1 amide bonds. The predicted molar refractivity (Wildman–Crippen MR) is 93.4 cm³/mol. The Morgan fingerprint density at radius 3 is 2.52 bits per heavy atom. The number of esters is 1. The lowest BCUT2D eigenvalue weighted by atomic mass is 10.3. The van der Waals surface area contributed by atoms with Gasteiger partial charge in [-0.15, -0.1) is 0 Å². The number of ether oxygens (including phenoxy) is 2. The number of hydrogen-bond donors (Lipinski definition) is 1. The van der Waals surface area contributed by atoms with Crippen molar-refractivity contribution < 1.29 is 19.1 Å². The molecule has 1 aromatic heterocycles. The molecule has 0 fully saturated rings. The van der Waals surface area contributed by atoms with E-state index in [1.165, 1.54) is 6.92 Å². The Hall–Kier alpha value is -2.83. The Labute approximate surface area is 146 Å². The molecule has 7 nitrogen and oxygen atoms in total. The van der Waals surface area contributed by atoms with E-state index in [0.29, 0.717) is 17.1 Å². The first kappa shape index (κ1) is 18.5. The maximum Gasteiger partial charge on any atom is 0.310 e. The second-order valence-electron chi connectivity index (χ2n) is 5.70. The minimum atomic E-state index is -0.900. The smallest absolute Gasteiger partial charge is 0.310 e. The quantitative estimate of drug-likeness (QED) is 0.779. The largest absolute Gasteiger partial charge is 0.493 e. The van der Waals surface area contributed by atoms with Gasteiger partial charge >= 0.3 is 5.97 Å². The highest BCUT2D eigenvalue weighted by molar-refractivity contribution is 5.96. The average Bonchev–Trinajstić information content (AvgIpc) is 2.82. The van der Waals surface area contributed by atoms with Gasteiger partial charge < -0.3 is 14.8 Å². The van der Waals surface area contributed by atoms with Gasteiger partial charge in [-0.05, 0) is 32.9 Å². The van der Waals surface area contributed by atoms with Gasteiger partial charge in [0.05, 0.1) is 30.1 Å². The maximum atomic E-state index is 12.2. The summed E-state index contributed by atoms with van der Waals surface area (Å²) in [6.45, 7) is 5.39. The number of anilines is 1. The number of carbonyl (C=O) groups is 2. The second-order valence-corrected chi connectivity index (χ2v) is 5.70. The summed E-state index contributed by atoms with van der Waals surface area (Å²) < 4.78 is 12.3. The molecule has 0 aliphatic heterocycles. The van der Waals surface area contributed by atoms with Crippen LogP contribution in [0.2, 0.25) is 0 Å². The van der Waals surface area contributed by atoms with E-state index in [2.05, 4.69) is 10.4 Å². The van der Waals surface area contributed by atoms with Crippen molar-refractivity contribution in [3.63, 3.8) is 0 Å². The number of carbonyl (C=O) groups excluding carboxylic acids is 2. The summed E-state index contributed by atoms with van der Waals surface area (Å²) in [6, 6.07) is 9.19. The fourth-order valence-corrected chi connectivity index (χ4v) is 2.26. The van der Waals surface area contributed by atoms with Crippen molar-refractivity contribution in [3.8, 4) is 5.75 Å². The van der Waals surface area contributed by atoms with Crippen molar-refractivity contribution >= 4 is 17.6 Å². The molecular formula is C18H23N3O4. The fourth-order valence-electron chi connectivity index (χ4n) is 2.26. The Kier molecular flexibility index (Phi) is 6.16. The highest BCUT2D eigenvalue weighted by Crippen LogP contribution is 2.18. The Bertz CT molecular complexity index is 740. The van der Waals surface area contributed by atoms with E-state index in [1.807, 2.05) is 25.1 Å². The first-order valence-corrected chi connectivity index (χ1v) is 8.07. The molecule has 2 rings (SSSR count). The van der Waals surface area contributed by atoms with E-state index in [0.717, 1.165) is 5.69 Å². The zero-order valence-electron chi connectivity index (χ0n) is 14.9. The van der Waals surface area contributed by atoms with Gasteiger partial charge in [-0.3, -0.25) is 14.3 Å². The summed E-state index contributed by atoms with van der Waals surface area (Å²) in [5.41, 5.74) is 2.19. The molecule has 0 aliphatic carbocycles. The van der Waals surface area contributed by atoms with Crippen LogP contribution in [-0.4, -0.2) is 34.4 Å². The number of nitrogens with one attached hydrogen (secondary N) is 1. The summed E-state index contributed by atoms with van der Waals surface area (Å²) in [6.07, 6.45) is -0.833. The van der Waals surface area contributed by atoms with E-state index in [4.69, 9.17) is 9.47 Å². The Morgan fingerprint density at radius 2 is 1.92 bits per heavy atom. The van der Waals surface area contributed by atoms with Gasteiger partial charge in [-0.25, -0.2) is 0 Å². The molecule has 1 atom stereocenters. The van der Waals surface area contributed by atoms with Crippen molar-refractivity contribution in [1.82, 2.24) is 9.78 Å². The Balaban J connectivity index is 1.79. The van der Waals surface area contributed by atoms with E-state index >= 15 is 0 Å². The SMILES string of the molecule is Cc1nn(C)c(C)c1NC(=O)[C@@H](C)OC(=O)CCOc1ccccc1. The first-order valence-electron chi connectivity index (χ1n) is 8.07. The molecule has 0 bridgehead atoms. The lowest BCUT2D eigenvalue weighted by Crippen LogP contribution is -2.30. The van der Waals surface area contributed by atoms with Gasteiger partial charge in [0.2, 0.25) is 0 Å². The summed E-state index contributed by atoms with van der Waals surface area (Å²) in [5, 5.41) is 6.99. The molecule has 0 radical (unpaired) electrons. The zero-order chi connectivity index (χ0) is 18.4. The predicted octanol–water partition coefficient (Wildman–Crippen LogP) is 2.38. The van der Waals surface area contributed by atoms with E-state index in [9.17, 15) is 9.59 Å². The number of amides is 1. The highest BCUT2D eigenvalue weighted by atomic mass is 16.5. The van der Waals surface area contributed by atoms with Crippen LogP contribution in [0.15, 0.2) is 30.3 Å². The highest BCUT2D eigenvalue weighted by Gasteiger charge is 2.20. The number of aryl methyl sites for hydroxylation is 2. The third-order valence-corrected chi connectivity index (χ3v) is 3.75. The molecule has 0 spiro atoms. The molecule has 1 heterocycles. The van der Waals surface area contributed by atoms with Crippen molar-refractivity contribution in [1.29, 1.82) is 0 Å². The van der Waals surface area contributed by atoms with Gasteiger partial charge in [-0.1, -0.05) is 18.2 Å². The van der Waals surface area contributed by atoms with Crippen LogP contribution >= 0.6 is 0 Å². The molecule has 1 N–H and O–H groups in total. The maximum absolute atomic E-state index is 12.2. The van der Waals surface area contributed by atoms with E-state index in [1.54, 1.807) is 30.8 Å². The summed E-state index contributed by atoms with van der Waals surface area (Å²) in [7, 11) is 1.80. The molecule has 25 heavy (non-hydrogen) atoms. The van der Waals surface area contributed by atoms with Crippen LogP contribution in [0.3, 0.4) is 0 Å². The molecule has 0 saturated carbocycles. The van der Waals surface area contributed by atoms with Crippen LogP contribution in [0.25, 0.3) is 0 Å². The third-order valence-electron chi connectivity index (χ3n) is 3.75. The summed E-state index contributed by atoms with van der Waals surface area (Å²) in [5.74, 6) is -0.196. The van der Waals surface area contributed by atoms with Crippen molar-refractivity contribution in [2.75, 3.05) is 11.9 Å². The number of rotatable bonds is 7. The van der Waals surface area contributed by atoms with Gasteiger partial charge in [0.25, 0.3) is 5.91 Å². The number of nitrogens with zero attached hydrogens (tertiary/aromatic N) is 2. The molecule has 0 unspecified atom stereocenters. The van der Waals surface area contributed by atoms with Crippen molar-refractivity contribution in [2.45, 2.75) is 33.3 Å². The lowest BCUT2D eigenvalue weighted by molar-refractivity contribution is -0.153. The summed E-state index contributed by atoms with van der Waals surface area (Å²) in [4.78, 5) is 24.0. The minimum Gasteiger partial charge on any atom is -0.493 e. The number of aromatic nitrogens is 2. The van der Waals surface area contributed by atoms with Crippen LogP contribution in [0.4, 0.5) is 5.69 Å². The average molecular weight is 345 g/mol. The molecule has 7 heteroatoms. The normalized spacial score (nSPS) is 11.7. The number of hydrogen-bond acceptors (Lipinski definition) is 5. The number of benzene rings is 1. The van der Waals surface area contributed by atoms with E-state index in [-0.39, 0.29) is 13.0 Å². The van der Waals surface area contributed by atoms with Crippen LogP contribution in [0, 0.1) is 13.8 Å². The minimum absolute atomic E-state index is 0.0669. The zero-order valence-corrected chi connectivity index (χ0v) is 14.9. The second kappa shape index (κ2) is 8.32.